The van der Waals surface area contributed by atoms with E-state index in [0.717, 1.165) is 82.8 Å². The summed E-state index contributed by atoms with van der Waals surface area (Å²) in [4.78, 5) is 14.8. The summed E-state index contributed by atoms with van der Waals surface area (Å²) in [5.74, 6) is 1.83. The fourth-order valence-corrected chi connectivity index (χ4v) is 9.35. The molecule has 0 fully saturated rings. The SMILES string of the molecule is c1ccc(-c2nc(-c3ccccc3)nc(-c3ccc4c(c3)oc3ccc(-c5cccc6oc7cc(-c8ccc9c%10ccccc%10c%10ccccc%10c9c8)ccc7c56)cc34)n2)cc1. The fraction of sp³-hybridized carbons (Fsp3) is 0. The minimum atomic E-state index is 0.588. The predicted octanol–water partition coefficient (Wildman–Crippen LogP) is 15.5. The molecule has 0 radical (unpaired) electrons. The number of hydrogen-bond acceptors (Lipinski definition) is 5. The van der Waals surface area contributed by atoms with E-state index in [4.69, 9.17) is 23.8 Å². The van der Waals surface area contributed by atoms with Gasteiger partial charge in [0, 0.05) is 38.2 Å². The molecular formula is C57H33N3O2. The highest BCUT2D eigenvalue weighted by Crippen LogP contribution is 2.42. The molecular weight excluding hydrogens is 759 g/mol. The molecule has 0 saturated carbocycles. The molecule has 0 atom stereocenters. The first kappa shape index (κ1) is 34.5. The molecule has 0 aliphatic carbocycles. The van der Waals surface area contributed by atoms with Gasteiger partial charge >= 0.3 is 0 Å². The van der Waals surface area contributed by atoms with E-state index in [1.165, 1.54) is 32.3 Å². The van der Waals surface area contributed by atoms with Crippen molar-refractivity contribution in [3.05, 3.63) is 200 Å². The van der Waals surface area contributed by atoms with Gasteiger partial charge in [-0.1, -0.05) is 152 Å². The molecule has 3 heterocycles. The Morgan fingerprint density at radius 3 is 1.39 bits per heavy atom. The zero-order valence-corrected chi connectivity index (χ0v) is 33.2. The Hall–Kier alpha value is -8.41. The van der Waals surface area contributed by atoms with Crippen LogP contribution in [0.1, 0.15) is 0 Å². The summed E-state index contributed by atoms with van der Waals surface area (Å²) in [5, 5.41) is 11.8. The number of fused-ring (bicyclic) bond motifs is 12. The maximum Gasteiger partial charge on any atom is 0.164 e. The molecule has 0 aliphatic rings. The highest BCUT2D eigenvalue weighted by atomic mass is 16.3. The third kappa shape index (κ3) is 5.45. The largest absolute Gasteiger partial charge is 0.456 e. The molecule has 13 aromatic rings. The Morgan fingerprint density at radius 1 is 0.242 bits per heavy atom. The van der Waals surface area contributed by atoms with Crippen LogP contribution in [0.4, 0.5) is 0 Å². The van der Waals surface area contributed by atoms with Crippen LogP contribution in [-0.2, 0) is 0 Å². The monoisotopic (exact) mass is 791 g/mol. The van der Waals surface area contributed by atoms with Gasteiger partial charge in [0.05, 0.1) is 0 Å². The Bertz CT molecular complexity index is 3830. The van der Waals surface area contributed by atoms with Gasteiger partial charge in [0.15, 0.2) is 17.5 Å². The molecule has 10 aromatic carbocycles. The van der Waals surface area contributed by atoms with Crippen molar-refractivity contribution in [1.29, 1.82) is 0 Å². The van der Waals surface area contributed by atoms with Crippen molar-refractivity contribution < 1.29 is 8.83 Å². The van der Waals surface area contributed by atoms with Gasteiger partial charge in [-0.3, -0.25) is 0 Å². The quantitative estimate of drug-likeness (QED) is 0.162. The van der Waals surface area contributed by atoms with Crippen LogP contribution in [0.3, 0.4) is 0 Å². The van der Waals surface area contributed by atoms with E-state index in [1.54, 1.807) is 0 Å². The lowest BCUT2D eigenvalue weighted by atomic mass is 9.92. The van der Waals surface area contributed by atoms with Crippen molar-refractivity contribution >= 4 is 76.2 Å². The zero-order chi connectivity index (χ0) is 40.7. The van der Waals surface area contributed by atoms with Crippen molar-refractivity contribution in [3.8, 4) is 56.4 Å². The summed E-state index contributed by atoms with van der Waals surface area (Å²) in [6.45, 7) is 0. The molecule has 5 heteroatoms. The van der Waals surface area contributed by atoms with Gasteiger partial charge in [-0.2, -0.15) is 0 Å². The van der Waals surface area contributed by atoms with E-state index in [0.29, 0.717) is 17.5 Å². The molecule has 0 N–H and O–H groups in total. The maximum absolute atomic E-state index is 6.63. The number of nitrogens with zero attached hydrogens (tertiary/aromatic N) is 3. The molecule has 0 saturated heterocycles. The van der Waals surface area contributed by atoms with Gasteiger partial charge in [-0.05, 0) is 103 Å². The fourth-order valence-electron chi connectivity index (χ4n) is 9.35. The number of furan rings is 2. The van der Waals surface area contributed by atoms with Crippen molar-refractivity contribution in [1.82, 2.24) is 15.0 Å². The summed E-state index contributed by atoms with van der Waals surface area (Å²) in [5.41, 5.74) is 10.5. The van der Waals surface area contributed by atoms with Crippen LogP contribution in [-0.4, -0.2) is 15.0 Å². The van der Waals surface area contributed by atoms with Crippen LogP contribution in [0.15, 0.2) is 209 Å². The summed E-state index contributed by atoms with van der Waals surface area (Å²) < 4.78 is 13.1. The predicted molar refractivity (Wildman–Crippen MR) is 254 cm³/mol. The molecule has 0 bridgehead atoms. The lowest BCUT2D eigenvalue weighted by Crippen LogP contribution is -2.00. The number of aromatic nitrogens is 3. The minimum Gasteiger partial charge on any atom is -0.456 e. The Balaban J connectivity index is 0.893. The minimum absolute atomic E-state index is 0.588. The molecule has 62 heavy (non-hydrogen) atoms. The molecule has 0 spiro atoms. The van der Waals surface area contributed by atoms with Crippen molar-refractivity contribution in [3.63, 3.8) is 0 Å². The Kier molecular flexibility index (Phi) is 7.54. The molecule has 0 aliphatic heterocycles. The first-order valence-corrected chi connectivity index (χ1v) is 20.8. The maximum atomic E-state index is 6.63. The standard InChI is InChI=1S/C57H33N3O2/c1-3-12-34(13-4-1)55-58-56(35-14-5-2-6-15-35)60-57(59-55)39-24-27-46-49-31-38(25-29-50(49)61-52(46)33-39)40-20-11-21-51-54(40)47-28-23-37(32-53(47)62-51)36-22-26-45-43-18-8-7-16-41(43)42-17-9-10-19-44(42)48(45)30-36/h1-33H. The Morgan fingerprint density at radius 2 is 0.710 bits per heavy atom. The van der Waals surface area contributed by atoms with Gasteiger partial charge in [0.1, 0.15) is 22.3 Å². The summed E-state index contributed by atoms with van der Waals surface area (Å²) in [6.07, 6.45) is 0. The zero-order valence-electron chi connectivity index (χ0n) is 33.2. The van der Waals surface area contributed by atoms with E-state index in [1.807, 2.05) is 66.7 Å². The Labute approximate surface area is 355 Å². The number of benzene rings is 10. The van der Waals surface area contributed by atoms with Gasteiger partial charge < -0.3 is 8.83 Å². The van der Waals surface area contributed by atoms with Crippen molar-refractivity contribution in [2.24, 2.45) is 0 Å². The van der Waals surface area contributed by atoms with Crippen LogP contribution in [0.2, 0.25) is 0 Å². The second kappa shape index (κ2) is 13.6. The lowest BCUT2D eigenvalue weighted by Gasteiger charge is -2.12. The molecule has 288 valence electrons. The third-order valence-corrected chi connectivity index (χ3v) is 12.3. The van der Waals surface area contributed by atoms with Crippen LogP contribution in [0.25, 0.3) is 133 Å². The van der Waals surface area contributed by atoms with E-state index in [2.05, 4.69) is 133 Å². The van der Waals surface area contributed by atoms with E-state index in [-0.39, 0.29) is 0 Å². The van der Waals surface area contributed by atoms with Gasteiger partial charge in [-0.15, -0.1) is 0 Å². The average molecular weight is 792 g/mol. The van der Waals surface area contributed by atoms with E-state index >= 15 is 0 Å². The smallest absolute Gasteiger partial charge is 0.164 e. The first-order chi connectivity index (χ1) is 30.7. The second-order valence-corrected chi connectivity index (χ2v) is 15.9. The number of rotatable bonds is 5. The highest BCUT2D eigenvalue weighted by molar-refractivity contribution is 6.26. The molecule has 5 nitrogen and oxygen atoms in total. The van der Waals surface area contributed by atoms with Crippen molar-refractivity contribution in [2.45, 2.75) is 0 Å². The van der Waals surface area contributed by atoms with E-state index < -0.39 is 0 Å². The molecule has 13 rings (SSSR count). The summed E-state index contributed by atoms with van der Waals surface area (Å²) in [7, 11) is 0. The lowest BCUT2D eigenvalue weighted by molar-refractivity contribution is 0.669. The summed E-state index contributed by atoms with van der Waals surface area (Å²) in [6, 6.07) is 69.9. The van der Waals surface area contributed by atoms with Crippen LogP contribution >= 0.6 is 0 Å². The van der Waals surface area contributed by atoms with Gasteiger partial charge in [-0.25, -0.2) is 15.0 Å². The summed E-state index contributed by atoms with van der Waals surface area (Å²) >= 11 is 0. The van der Waals surface area contributed by atoms with Crippen LogP contribution in [0, 0.1) is 0 Å². The first-order valence-electron chi connectivity index (χ1n) is 20.8. The molecule has 3 aromatic heterocycles. The highest BCUT2D eigenvalue weighted by Gasteiger charge is 2.18. The number of hydrogen-bond donors (Lipinski definition) is 0. The van der Waals surface area contributed by atoms with Gasteiger partial charge in [0.2, 0.25) is 0 Å². The van der Waals surface area contributed by atoms with Crippen LogP contribution in [0.5, 0.6) is 0 Å². The normalized spacial score (nSPS) is 11.9. The van der Waals surface area contributed by atoms with E-state index in [9.17, 15) is 0 Å². The van der Waals surface area contributed by atoms with Crippen LogP contribution < -0.4 is 0 Å². The molecule has 0 unspecified atom stereocenters. The van der Waals surface area contributed by atoms with Gasteiger partial charge in [0.25, 0.3) is 0 Å². The third-order valence-electron chi connectivity index (χ3n) is 12.3. The molecule has 0 amide bonds. The second-order valence-electron chi connectivity index (χ2n) is 15.9. The van der Waals surface area contributed by atoms with Crippen molar-refractivity contribution in [2.75, 3.05) is 0 Å². The topological polar surface area (TPSA) is 65.0 Å². The average Bonchev–Trinajstić information content (AvgIpc) is 3.91.